The predicted molar refractivity (Wildman–Crippen MR) is 78.0 cm³/mol. The molecule has 2 nitrogen and oxygen atoms in total. The molecule has 1 aromatic carbocycles. The lowest BCUT2D eigenvalue weighted by molar-refractivity contribution is 0.621. The fourth-order valence-electron chi connectivity index (χ4n) is 2.08. The van der Waals surface area contributed by atoms with E-state index in [9.17, 15) is 4.39 Å². The van der Waals surface area contributed by atoms with Gasteiger partial charge in [-0.25, -0.2) is 9.37 Å². The number of halogens is 3. The van der Waals surface area contributed by atoms with Crippen molar-refractivity contribution in [1.29, 1.82) is 0 Å². The molecule has 0 spiro atoms. The molecule has 0 amide bonds. The van der Waals surface area contributed by atoms with Crippen LogP contribution >= 0.6 is 27.5 Å². The van der Waals surface area contributed by atoms with Crippen LogP contribution in [0.2, 0.25) is 5.02 Å². The molecular formula is C14H9BrClFN2. The zero-order valence-corrected chi connectivity index (χ0v) is 12.3. The number of nitrogens with zero attached hydrogens (tertiary/aromatic N) is 2. The third-order valence-corrected chi connectivity index (χ3v) is 3.95. The minimum absolute atomic E-state index is 0.354. The molecule has 2 aromatic heterocycles. The summed E-state index contributed by atoms with van der Waals surface area (Å²) < 4.78 is 15.8. The van der Waals surface area contributed by atoms with E-state index in [-0.39, 0.29) is 5.82 Å². The van der Waals surface area contributed by atoms with Crippen molar-refractivity contribution in [2.75, 3.05) is 0 Å². The highest BCUT2D eigenvalue weighted by molar-refractivity contribution is 9.10. The minimum atomic E-state index is -0.379. The van der Waals surface area contributed by atoms with Crippen LogP contribution in [0, 0.1) is 12.7 Å². The number of aryl methyl sites for hydroxylation is 1. The Morgan fingerprint density at radius 2 is 2.11 bits per heavy atom. The first-order valence-electron chi connectivity index (χ1n) is 5.66. The largest absolute Gasteiger partial charge is 0.304 e. The van der Waals surface area contributed by atoms with Crippen LogP contribution < -0.4 is 0 Å². The maximum atomic E-state index is 13.4. The molecule has 0 saturated carbocycles. The van der Waals surface area contributed by atoms with E-state index in [1.54, 1.807) is 6.07 Å². The quantitative estimate of drug-likeness (QED) is 0.578. The number of hydrogen-bond acceptors (Lipinski definition) is 1. The van der Waals surface area contributed by atoms with Crippen molar-refractivity contribution in [2.24, 2.45) is 0 Å². The zero-order chi connectivity index (χ0) is 13.6. The standard InChI is InChI=1S/C14H9BrClFN2/c1-8-14(18-13-4-2-3-5-19(8)13)9-6-10(15)12(17)7-11(9)16/h2-7H,1H3. The van der Waals surface area contributed by atoms with Crippen LogP contribution in [0.25, 0.3) is 16.9 Å². The zero-order valence-electron chi connectivity index (χ0n) is 9.99. The van der Waals surface area contributed by atoms with Gasteiger partial charge in [0.2, 0.25) is 0 Å². The SMILES string of the molecule is Cc1c(-c2cc(Br)c(F)cc2Cl)nc2ccccn12. The first-order valence-corrected chi connectivity index (χ1v) is 6.83. The van der Waals surface area contributed by atoms with Crippen molar-refractivity contribution in [3.05, 3.63) is 57.5 Å². The lowest BCUT2D eigenvalue weighted by Gasteiger charge is -2.04. The second kappa shape index (κ2) is 4.62. The fraction of sp³-hybridized carbons (Fsp3) is 0.0714. The Morgan fingerprint density at radius 1 is 1.32 bits per heavy atom. The van der Waals surface area contributed by atoms with Gasteiger partial charge in [-0.3, -0.25) is 0 Å². The molecule has 0 bridgehead atoms. The summed E-state index contributed by atoms with van der Waals surface area (Å²) in [4.78, 5) is 4.55. The van der Waals surface area contributed by atoms with Gasteiger partial charge in [-0.15, -0.1) is 0 Å². The second-order valence-corrected chi connectivity index (χ2v) is 5.48. The third-order valence-electron chi connectivity index (χ3n) is 3.03. The van der Waals surface area contributed by atoms with Crippen LogP contribution in [0.15, 0.2) is 41.0 Å². The first kappa shape index (κ1) is 12.6. The normalized spacial score (nSPS) is 11.2. The van der Waals surface area contributed by atoms with E-state index in [1.807, 2.05) is 35.7 Å². The number of fused-ring (bicyclic) bond motifs is 1. The average Bonchev–Trinajstić information content (AvgIpc) is 2.72. The van der Waals surface area contributed by atoms with Crippen LogP contribution in [0.1, 0.15) is 5.69 Å². The van der Waals surface area contributed by atoms with Crippen molar-refractivity contribution in [2.45, 2.75) is 6.92 Å². The van der Waals surface area contributed by atoms with E-state index in [0.717, 1.165) is 22.6 Å². The molecule has 3 rings (SSSR count). The van der Waals surface area contributed by atoms with Gasteiger partial charge in [0.1, 0.15) is 11.5 Å². The molecule has 3 aromatic rings. The van der Waals surface area contributed by atoms with Crippen LogP contribution in [-0.4, -0.2) is 9.38 Å². The number of imidazole rings is 1. The molecule has 0 aliphatic heterocycles. The van der Waals surface area contributed by atoms with Gasteiger partial charge in [0.05, 0.1) is 15.2 Å². The van der Waals surface area contributed by atoms with Crippen LogP contribution in [0.3, 0.4) is 0 Å². The Morgan fingerprint density at radius 3 is 2.84 bits per heavy atom. The van der Waals surface area contributed by atoms with Gasteiger partial charge >= 0.3 is 0 Å². The lowest BCUT2D eigenvalue weighted by atomic mass is 10.1. The van der Waals surface area contributed by atoms with Crippen molar-refractivity contribution in [3.8, 4) is 11.3 Å². The van der Waals surface area contributed by atoms with Gasteiger partial charge in [-0.2, -0.15) is 0 Å². The summed E-state index contributed by atoms with van der Waals surface area (Å²) in [5.41, 5.74) is 3.29. The lowest BCUT2D eigenvalue weighted by Crippen LogP contribution is -1.88. The molecular weight excluding hydrogens is 331 g/mol. The summed E-state index contributed by atoms with van der Waals surface area (Å²) in [5.74, 6) is -0.379. The van der Waals surface area contributed by atoms with Gasteiger partial charge in [-0.05, 0) is 47.1 Å². The summed E-state index contributed by atoms with van der Waals surface area (Å²) in [6, 6.07) is 8.74. The van der Waals surface area contributed by atoms with E-state index >= 15 is 0 Å². The van der Waals surface area contributed by atoms with Gasteiger partial charge in [0.25, 0.3) is 0 Å². The molecule has 0 radical (unpaired) electrons. The number of pyridine rings is 1. The molecule has 0 aliphatic carbocycles. The van der Waals surface area contributed by atoms with E-state index in [1.165, 1.54) is 6.07 Å². The number of hydrogen-bond donors (Lipinski definition) is 0. The molecule has 0 N–H and O–H groups in total. The van der Waals surface area contributed by atoms with Crippen molar-refractivity contribution >= 4 is 33.2 Å². The van der Waals surface area contributed by atoms with Crippen molar-refractivity contribution in [1.82, 2.24) is 9.38 Å². The predicted octanol–water partition coefficient (Wildman–Crippen LogP) is 4.86. The Hall–Kier alpha value is -1.39. The monoisotopic (exact) mass is 338 g/mol. The summed E-state index contributed by atoms with van der Waals surface area (Å²) in [7, 11) is 0. The van der Waals surface area contributed by atoms with E-state index in [0.29, 0.717) is 9.50 Å². The van der Waals surface area contributed by atoms with Crippen LogP contribution in [0.5, 0.6) is 0 Å². The third kappa shape index (κ3) is 2.05. The molecule has 19 heavy (non-hydrogen) atoms. The molecule has 2 heterocycles. The van der Waals surface area contributed by atoms with Crippen LogP contribution in [-0.2, 0) is 0 Å². The topological polar surface area (TPSA) is 17.3 Å². The van der Waals surface area contributed by atoms with E-state index < -0.39 is 0 Å². The molecule has 0 fully saturated rings. The Labute approximate surface area is 123 Å². The molecule has 0 aliphatic rings. The summed E-state index contributed by atoms with van der Waals surface area (Å²) in [6.45, 7) is 1.96. The van der Waals surface area contributed by atoms with Crippen molar-refractivity contribution in [3.63, 3.8) is 0 Å². The highest BCUT2D eigenvalue weighted by Crippen LogP contribution is 2.34. The van der Waals surface area contributed by atoms with Gasteiger partial charge in [-0.1, -0.05) is 17.7 Å². The number of aromatic nitrogens is 2. The van der Waals surface area contributed by atoms with E-state index in [2.05, 4.69) is 20.9 Å². The summed E-state index contributed by atoms with van der Waals surface area (Å²) in [6.07, 6.45) is 1.94. The molecule has 0 atom stereocenters. The molecule has 0 saturated heterocycles. The van der Waals surface area contributed by atoms with Gasteiger partial charge < -0.3 is 4.40 Å². The molecule has 96 valence electrons. The number of rotatable bonds is 1. The minimum Gasteiger partial charge on any atom is -0.304 e. The van der Waals surface area contributed by atoms with Crippen LogP contribution in [0.4, 0.5) is 4.39 Å². The van der Waals surface area contributed by atoms with Gasteiger partial charge in [0.15, 0.2) is 0 Å². The Kier molecular flexibility index (Phi) is 3.07. The Bertz CT molecular complexity index is 782. The van der Waals surface area contributed by atoms with Gasteiger partial charge in [0, 0.05) is 17.5 Å². The smallest absolute Gasteiger partial charge is 0.138 e. The average molecular weight is 340 g/mol. The Balaban J connectivity index is 2.30. The first-order chi connectivity index (χ1) is 9.08. The molecule has 5 heteroatoms. The van der Waals surface area contributed by atoms with E-state index in [4.69, 9.17) is 11.6 Å². The maximum Gasteiger partial charge on any atom is 0.138 e. The summed E-state index contributed by atoms with van der Waals surface area (Å²) >= 11 is 9.30. The van der Waals surface area contributed by atoms with Crippen molar-refractivity contribution < 1.29 is 4.39 Å². The fourth-order valence-corrected chi connectivity index (χ4v) is 2.66. The highest BCUT2D eigenvalue weighted by Gasteiger charge is 2.15. The summed E-state index contributed by atoms with van der Waals surface area (Å²) in [5, 5.41) is 0.354. The second-order valence-electron chi connectivity index (χ2n) is 4.22. The maximum absolute atomic E-state index is 13.4. The number of benzene rings is 1. The highest BCUT2D eigenvalue weighted by atomic mass is 79.9. The molecule has 0 unspecified atom stereocenters.